The van der Waals surface area contributed by atoms with Crippen LogP contribution >= 0.6 is 11.3 Å². The number of amides is 2. The third-order valence-electron chi connectivity index (χ3n) is 7.92. The van der Waals surface area contributed by atoms with Crippen LogP contribution < -0.4 is 15.5 Å². The molecule has 1 aliphatic carbocycles. The number of hydrogen-bond acceptors (Lipinski definition) is 8. The van der Waals surface area contributed by atoms with Crippen LogP contribution in [0.1, 0.15) is 60.7 Å². The van der Waals surface area contributed by atoms with E-state index in [0.717, 1.165) is 52.7 Å². The Morgan fingerprint density at radius 3 is 2.56 bits per heavy atom. The lowest BCUT2D eigenvalue weighted by Crippen LogP contribution is -2.40. The molecule has 1 saturated heterocycles. The summed E-state index contributed by atoms with van der Waals surface area (Å²) in [4.78, 5) is 45.0. The van der Waals surface area contributed by atoms with E-state index in [0.29, 0.717) is 31.8 Å². The van der Waals surface area contributed by atoms with Gasteiger partial charge in [0.25, 0.3) is 5.91 Å². The van der Waals surface area contributed by atoms with E-state index in [1.54, 1.807) is 31.0 Å². The number of carbonyl (C=O) groups is 2. The first-order chi connectivity index (χ1) is 20.6. The molecule has 0 bridgehead atoms. The lowest BCUT2D eigenvalue weighted by atomic mass is 9.95. The lowest BCUT2D eigenvalue weighted by Gasteiger charge is -2.33. The van der Waals surface area contributed by atoms with E-state index in [1.165, 1.54) is 12.4 Å². The van der Waals surface area contributed by atoms with Gasteiger partial charge < -0.3 is 24.7 Å². The molecule has 6 rings (SSSR count). The third-order valence-corrected chi connectivity index (χ3v) is 8.76. The van der Waals surface area contributed by atoms with E-state index < -0.39 is 18.1 Å². The standard InChI is InChI=1S/C28H30F3N9O2S/c1-16(28(29,30)31)40-10-7-33-24(40)27-37-23(14-43-27)36-26(42)19-11-21(39-13-20(35-15-39)17-3-4-17)22(12-34-19)38-8-5-18(6-9-38)25(41)32-2/h7,10-18H,3-6,8-9H2,1-2H3,(H,32,41)(H,36,42)/t16-/m0/s1. The summed E-state index contributed by atoms with van der Waals surface area (Å²) in [7, 11) is 1.65. The first-order valence-electron chi connectivity index (χ1n) is 14.0. The van der Waals surface area contributed by atoms with E-state index in [1.807, 2.05) is 10.8 Å². The molecule has 5 heterocycles. The molecule has 2 amide bonds. The average molecular weight is 614 g/mol. The van der Waals surface area contributed by atoms with Crippen LogP contribution in [0.5, 0.6) is 0 Å². The fourth-order valence-corrected chi connectivity index (χ4v) is 5.97. The van der Waals surface area contributed by atoms with Crippen molar-refractivity contribution in [3.05, 3.63) is 53.9 Å². The predicted molar refractivity (Wildman–Crippen MR) is 154 cm³/mol. The predicted octanol–water partition coefficient (Wildman–Crippen LogP) is 4.80. The summed E-state index contributed by atoms with van der Waals surface area (Å²) in [5.41, 5.74) is 2.70. The fourth-order valence-electron chi connectivity index (χ4n) is 5.22. The van der Waals surface area contributed by atoms with Gasteiger partial charge in [-0.2, -0.15) is 13.2 Å². The second-order valence-corrected chi connectivity index (χ2v) is 11.6. The van der Waals surface area contributed by atoms with Crippen LogP contribution in [0.25, 0.3) is 16.5 Å². The number of halogens is 3. The van der Waals surface area contributed by atoms with Gasteiger partial charge in [0.2, 0.25) is 5.91 Å². The summed E-state index contributed by atoms with van der Waals surface area (Å²) in [6.07, 6.45) is 7.07. The molecular formula is C28H30F3N9O2S. The monoisotopic (exact) mass is 613 g/mol. The van der Waals surface area contributed by atoms with Gasteiger partial charge >= 0.3 is 6.18 Å². The van der Waals surface area contributed by atoms with E-state index >= 15 is 0 Å². The molecular weight excluding hydrogens is 583 g/mol. The number of rotatable bonds is 8. The highest BCUT2D eigenvalue weighted by atomic mass is 32.1. The van der Waals surface area contributed by atoms with E-state index in [2.05, 4.69) is 35.5 Å². The quantitative estimate of drug-likeness (QED) is 0.293. The van der Waals surface area contributed by atoms with Crippen LogP contribution in [-0.2, 0) is 4.79 Å². The Morgan fingerprint density at radius 1 is 1.09 bits per heavy atom. The molecule has 1 saturated carbocycles. The highest BCUT2D eigenvalue weighted by Gasteiger charge is 2.38. The molecule has 0 unspecified atom stereocenters. The summed E-state index contributed by atoms with van der Waals surface area (Å²) in [6.45, 7) is 2.37. The van der Waals surface area contributed by atoms with Crippen LogP contribution in [0, 0.1) is 5.92 Å². The van der Waals surface area contributed by atoms with Crippen molar-refractivity contribution in [2.24, 2.45) is 5.92 Å². The summed E-state index contributed by atoms with van der Waals surface area (Å²) in [5, 5.41) is 7.23. The topological polar surface area (TPSA) is 123 Å². The van der Waals surface area contributed by atoms with Crippen LogP contribution in [0.2, 0.25) is 0 Å². The Morgan fingerprint density at radius 2 is 1.86 bits per heavy atom. The number of anilines is 2. The molecule has 11 nitrogen and oxygen atoms in total. The Kier molecular flexibility index (Phi) is 7.66. The number of hydrogen-bond donors (Lipinski definition) is 2. The van der Waals surface area contributed by atoms with Crippen molar-refractivity contribution in [3.63, 3.8) is 0 Å². The lowest BCUT2D eigenvalue weighted by molar-refractivity contribution is -0.162. The average Bonchev–Trinajstić information content (AvgIpc) is 3.36. The van der Waals surface area contributed by atoms with Gasteiger partial charge in [-0.3, -0.25) is 9.59 Å². The first kappa shape index (κ1) is 28.8. The summed E-state index contributed by atoms with van der Waals surface area (Å²) < 4.78 is 42.9. The summed E-state index contributed by atoms with van der Waals surface area (Å²) in [6, 6.07) is -0.0925. The zero-order valence-electron chi connectivity index (χ0n) is 23.5. The zero-order valence-corrected chi connectivity index (χ0v) is 24.3. The van der Waals surface area contributed by atoms with Crippen LogP contribution in [0.4, 0.5) is 24.7 Å². The number of nitrogens with zero attached hydrogens (tertiary/aromatic N) is 7. The van der Waals surface area contributed by atoms with Gasteiger partial charge in [0.15, 0.2) is 10.8 Å². The van der Waals surface area contributed by atoms with Crippen molar-refractivity contribution < 1.29 is 22.8 Å². The van der Waals surface area contributed by atoms with E-state index in [4.69, 9.17) is 0 Å². The second-order valence-electron chi connectivity index (χ2n) is 10.8. The maximum atomic E-state index is 13.3. The number of carbonyl (C=O) groups excluding carboxylic acids is 2. The smallest absolute Gasteiger partial charge is 0.369 e. The van der Waals surface area contributed by atoms with Gasteiger partial charge in [0, 0.05) is 55.9 Å². The highest BCUT2D eigenvalue weighted by molar-refractivity contribution is 7.13. The number of aromatic nitrogens is 6. The molecule has 0 radical (unpaired) electrons. The molecule has 1 atom stereocenters. The fraction of sp³-hybridized carbons (Fsp3) is 0.429. The normalized spacial score (nSPS) is 16.7. The van der Waals surface area contributed by atoms with Crippen molar-refractivity contribution in [3.8, 4) is 16.5 Å². The summed E-state index contributed by atoms with van der Waals surface area (Å²) in [5.74, 6) is 0.171. The first-order valence-corrected chi connectivity index (χ1v) is 14.9. The van der Waals surface area contributed by atoms with Gasteiger partial charge in [-0.15, -0.1) is 11.3 Å². The van der Waals surface area contributed by atoms with Gasteiger partial charge in [-0.05, 0) is 38.7 Å². The Labute approximate surface area is 249 Å². The Hall–Kier alpha value is -4.27. The molecule has 2 N–H and O–H groups in total. The second kappa shape index (κ2) is 11.4. The highest BCUT2D eigenvalue weighted by Crippen LogP contribution is 2.40. The molecule has 0 aromatic carbocycles. The van der Waals surface area contributed by atoms with Gasteiger partial charge in [-0.25, -0.2) is 19.9 Å². The molecule has 0 spiro atoms. The molecule has 4 aromatic rings. The minimum absolute atomic E-state index is 0.0396. The van der Waals surface area contributed by atoms with Crippen molar-refractivity contribution in [2.75, 3.05) is 30.4 Å². The number of alkyl halides is 3. The Bertz CT molecular complexity index is 1630. The SMILES string of the molecule is CNC(=O)C1CCN(c2cnc(C(=O)Nc3csc(-c4nccn4[C@@H](C)C(F)(F)F)n3)cc2-n2cnc(C3CC3)c2)CC1. The van der Waals surface area contributed by atoms with Crippen LogP contribution in [-0.4, -0.2) is 67.2 Å². The van der Waals surface area contributed by atoms with Gasteiger partial charge in [0.1, 0.15) is 17.6 Å². The number of imidazole rings is 2. The number of nitrogens with one attached hydrogen (secondary N) is 2. The number of pyridine rings is 1. The molecule has 1 aliphatic heterocycles. The van der Waals surface area contributed by atoms with Crippen LogP contribution in [0.15, 0.2) is 42.6 Å². The molecule has 2 aliphatic rings. The number of thiazole rings is 1. The molecule has 2 fully saturated rings. The van der Waals surface area contributed by atoms with Crippen molar-refractivity contribution in [1.29, 1.82) is 0 Å². The molecule has 226 valence electrons. The molecule has 15 heteroatoms. The minimum Gasteiger partial charge on any atom is -0.369 e. The van der Waals surface area contributed by atoms with E-state index in [9.17, 15) is 22.8 Å². The zero-order chi connectivity index (χ0) is 30.3. The van der Waals surface area contributed by atoms with Crippen molar-refractivity contribution in [1.82, 2.24) is 34.4 Å². The molecule has 4 aromatic heterocycles. The number of piperidine rings is 1. The third kappa shape index (κ3) is 5.98. The van der Waals surface area contributed by atoms with Crippen LogP contribution in [0.3, 0.4) is 0 Å². The Balaban J connectivity index is 1.24. The van der Waals surface area contributed by atoms with Crippen molar-refractivity contribution >= 4 is 34.7 Å². The van der Waals surface area contributed by atoms with Gasteiger partial charge in [-0.1, -0.05) is 0 Å². The molecule has 43 heavy (non-hydrogen) atoms. The minimum atomic E-state index is -4.45. The van der Waals surface area contributed by atoms with Gasteiger partial charge in [0.05, 0.1) is 29.6 Å². The largest absolute Gasteiger partial charge is 0.408 e. The maximum Gasteiger partial charge on any atom is 0.408 e. The van der Waals surface area contributed by atoms with Crippen molar-refractivity contribution in [2.45, 2.75) is 50.7 Å². The van der Waals surface area contributed by atoms with E-state index in [-0.39, 0.29) is 34.2 Å². The summed E-state index contributed by atoms with van der Waals surface area (Å²) >= 11 is 1.08. The maximum absolute atomic E-state index is 13.3.